The van der Waals surface area contributed by atoms with Crippen LogP contribution in [0.1, 0.15) is 36.8 Å². The highest BCUT2D eigenvalue weighted by Crippen LogP contribution is 2.44. The Bertz CT molecular complexity index is 796. The van der Waals surface area contributed by atoms with Crippen molar-refractivity contribution in [3.63, 3.8) is 0 Å². The van der Waals surface area contributed by atoms with Crippen LogP contribution in [0.3, 0.4) is 0 Å². The molecule has 190 valence electrons. The van der Waals surface area contributed by atoms with Crippen LogP contribution in [0.4, 0.5) is 0 Å². The zero-order chi connectivity index (χ0) is 25.0. The molecule has 0 aromatic heterocycles. The van der Waals surface area contributed by atoms with Crippen molar-refractivity contribution in [2.45, 2.75) is 49.7 Å². The molecule has 2 aromatic rings. The number of rotatable bonds is 16. The summed E-state index contributed by atoms with van der Waals surface area (Å²) in [5.41, 5.74) is -0.0229. The molecule has 0 bridgehead atoms. The predicted molar refractivity (Wildman–Crippen MR) is 142 cm³/mol. The van der Waals surface area contributed by atoms with Crippen LogP contribution in [0, 0.1) is 0 Å². The second kappa shape index (κ2) is 14.8. The van der Waals surface area contributed by atoms with Crippen LogP contribution < -0.4 is 0 Å². The number of aromatic hydroxyl groups is 2. The second-order valence-electron chi connectivity index (χ2n) is 8.26. The van der Waals surface area contributed by atoms with E-state index in [2.05, 4.69) is 0 Å². The Labute approximate surface area is 222 Å². The van der Waals surface area contributed by atoms with Crippen LogP contribution >= 0.6 is 54.7 Å². The first-order chi connectivity index (χ1) is 16.3. The fourth-order valence-corrected chi connectivity index (χ4v) is 6.59. The highest BCUT2D eigenvalue weighted by atomic mass is 35.5. The predicted octanol–water partition coefficient (Wildman–Crippen LogP) is 7.30. The molecule has 0 amide bonds. The summed E-state index contributed by atoms with van der Waals surface area (Å²) in [4.78, 5) is 0. The Morgan fingerprint density at radius 1 is 0.618 bits per heavy atom. The molecule has 2 rings (SSSR count). The second-order valence-corrected chi connectivity index (χ2v) is 10.7. The minimum Gasteiger partial charge on any atom is -0.508 e. The summed E-state index contributed by atoms with van der Waals surface area (Å²) in [6.07, 6.45) is 2.47. The van der Waals surface area contributed by atoms with E-state index >= 15 is 0 Å². The van der Waals surface area contributed by atoms with E-state index in [0.717, 1.165) is 11.1 Å². The van der Waals surface area contributed by atoms with Gasteiger partial charge in [-0.3, -0.25) is 4.57 Å². The molecule has 0 radical (unpaired) electrons. The van der Waals surface area contributed by atoms with E-state index in [1.807, 2.05) is 0 Å². The molecule has 0 aliphatic carbocycles. The van der Waals surface area contributed by atoms with Crippen molar-refractivity contribution >= 4 is 54.7 Å². The summed E-state index contributed by atoms with van der Waals surface area (Å²) in [6, 6.07) is 13.5. The van der Waals surface area contributed by atoms with Gasteiger partial charge in [0.25, 0.3) is 0 Å². The van der Waals surface area contributed by atoms with Gasteiger partial charge in [-0.1, -0.05) is 24.3 Å². The summed E-state index contributed by atoms with van der Waals surface area (Å²) >= 11 is 24.4. The number of hydrogen-bond donors (Lipinski definition) is 2. The molecule has 5 nitrogen and oxygen atoms in total. The van der Waals surface area contributed by atoms with Crippen molar-refractivity contribution in [3.8, 4) is 11.5 Å². The molecule has 0 heterocycles. The van der Waals surface area contributed by atoms with Gasteiger partial charge in [-0.15, -0.1) is 46.4 Å². The number of phenols is 2. The van der Waals surface area contributed by atoms with Gasteiger partial charge >= 0.3 is 8.25 Å². The first kappa shape index (κ1) is 29.6. The number of halogens is 4. The molecule has 0 fully saturated rings. The van der Waals surface area contributed by atoms with Gasteiger partial charge in [0, 0.05) is 36.4 Å². The first-order valence-corrected chi connectivity index (χ1v) is 14.4. The smallest absolute Gasteiger partial charge is 0.320 e. The van der Waals surface area contributed by atoms with Gasteiger partial charge in [-0.25, -0.2) is 0 Å². The van der Waals surface area contributed by atoms with E-state index in [1.165, 1.54) is 0 Å². The van der Waals surface area contributed by atoms with Crippen LogP contribution in [0.15, 0.2) is 48.5 Å². The van der Waals surface area contributed by atoms with Crippen molar-refractivity contribution in [2.75, 3.05) is 23.5 Å². The largest absolute Gasteiger partial charge is 0.508 e. The summed E-state index contributed by atoms with van der Waals surface area (Å²) in [5.74, 6) is 1.45. The first-order valence-electron chi connectivity index (χ1n) is 11.0. The lowest BCUT2D eigenvalue weighted by atomic mass is 9.89. The third-order valence-corrected chi connectivity index (χ3v) is 7.68. The molecule has 10 heteroatoms. The molecule has 0 saturated heterocycles. The molecule has 2 N–H and O–H groups in total. The molecule has 2 aromatic carbocycles. The maximum Gasteiger partial charge on any atom is 0.320 e. The summed E-state index contributed by atoms with van der Waals surface area (Å²) in [5, 5.41) is 19.2. The van der Waals surface area contributed by atoms with Crippen LogP contribution in [0.2, 0.25) is 0 Å². The quantitative estimate of drug-likeness (QED) is 0.163. The third kappa shape index (κ3) is 9.43. The number of benzene rings is 2. The summed E-state index contributed by atoms with van der Waals surface area (Å²) in [7, 11) is -3.03. The third-order valence-electron chi connectivity index (χ3n) is 5.73. The molecular formula is C24H31Cl4O5P. The number of phenolic OH excluding ortho intramolecular Hbond substituents is 2. The fourth-order valence-electron chi connectivity index (χ4n) is 3.91. The van der Waals surface area contributed by atoms with Crippen molar-refractivity contribution < 1.29 is 23.8 Å². The molecule has 0 aliphatic heterocycles. The van der Waals surface area contributed by atoms with Crippen LogP contribution in [-0.2, 0) is 26.5 Å². The SMILES string of the molecule is O=[PH](OC(CCCl)(CCCl)Cc1ccc(O)cc1)OC(CCCl)(CCCl)Cc1ccc(O)cc1. The van der Waals surface area contributed by atoms with Gasteiger partial charge in [0.2, 0.25) is 0 Å². The standard InChI is InChI=1S/C24H31Cl4O5P/c25-13-9-23(10-14-26,17-19-1-5-21(29)6-2-19)32-34(31)33-24(11-15-27,12-16-28)18-20-3-7-22(30)8-4-20/h1-8,29-30,34H,9-18H2. The van der Waals surface area contributed by atoms with Crippen LogP contribution in [0.5, 0.6) is 11.5 Å². The van der Waals surface area contributed by atoms with Crippen molar-refractivity contribution in [1.29, 1.82) is 0 Å². The van der Waals surface area contributed by atoms with E-state index in [9.17, 15) is 14.8 Å². The number of alkyl halides is 4. The zero-order valence-corrected chi connectivity index (χ0v) is 22.8. The van der Waals surface area contributed by atoms with E-state index in [0.29, 0.717) is 38.5 Å². The van der Waals surface area contributed by atoms with Gasteiger partial charge in [-0.2, -0.15) is 0 Å². The minimum absolute atomic E-state index is 0.156. The van der Waals surface area contributed by atoms with Gasteiger partial charge in [0.05, 0.1) is 11.2 Å². The lowest BCUT2D eigenvalue weighted by Gasteiger charge is -2.37. The van der Waals surface area contributed by atoms with E-state index < -0.39 is 19.5 Å². The van der Waals surface area contributed by atoms with Crippen molar-refractivity contribution in [2.24, 2.45) is 0 Å². The maximum absolute atomic E-state index is 13.4. The van der Waals surface area contributed by atoms with Gasteiger partial charge < -0.3 is 19.3 Å². The van der Waals surface area contributed by atoms with Gasteiger partial charge in [0.15, 0.2) is 0 Å². The number of hydrogen-bond acceptors (Lipinski definition) is 5. The average Bonchev–Trinajstić information content (AvgIpc) is 2.77. The van der Waals surface area contributed by atoms with Gasteiger partial charge in [0.1, 0.15) is 11.5 Å². The van der Waals surface area contributed by atoms with Gasteiger partial charge in [-0.05, 0) is 61.1 Å². The van der Waals surface area contributed by atoms with E-state index in [-0.39, 0.29) is 35.0 Å². The Morgan fingerprint density at radius 2 is 0.912 bits per heavy atom. The molecule has 0 unspecified atom stereocenters. The monoisotopic (exact) mass is 570 g/mol. The fraction of sp³-hybridized carbons (Fsp3) is 0.500. The average molecular weight is 572 g/mol. The lowest BCUT2D eigenvalue weighted by Crippen LogP contribution is -2.38. The Morgan fingerprint density at radius 3 is 1.18 bits per heavy atom. The van der Waals surface area contributed by atoms with E-state index in [1.54, 1.807) is 48.5 Å². The molecule has 0 saturated carbocycles. The lowest BCUT2D eigenvalue weighted by molar-refractivity contribution is 0.00497. The summed E-state index contributed by atoms with van der Waals surface area (Å²) < 4.78 is 25.6. The highest BCUT2D eigenvalue weighted by Gasteiger charge is 2.38. The maximum atomic E-state index is 13.4. The Hall–Kier alpha value is -0.650. The zero-order valence-electron chi connectivity index (χ0n) is 18.8. The van der Waals surface area contributed by atoms with Crippen LogP contribution in [-0.4, -0.2) is 44.9 Å². The molecule has 0 atom stereocenters. The normalized spacial score (nSPS) is 12.4. The molecule has 0 spiro atoms. The molecule has 0 aliphatic rings. The van der Waals surface area contributed by atoms with Crippen LogP contribution in [0.25, 0.3) is 0 Å². The molecular weight excluding hydrogens is 541 g/mol. The van der Waals surface area contributed by atoms with E-state index in [4.69, 9.17) is 55.5 Å². The Kier molecular flexibility index (Phi) is 12.9. The Balaban J connectivity index is 2.28. The minimum atomic E-state index is -3.03. The highest BCUT2D eigenvalue weighted by molar-refractivity contribution is 7.33. The molecule has 34 heavy (non-hydrogen) atoms. The van der Waals surface area contributed by atoms with Crippen molar-refractivity contribution in [3.05, 3.63) is 59.7 Å². The van der Waals surface area contributed by atoms with Crippen molar-refractivity contribution in [1.82, 2.24) is 0 Å². The summed E-state index contributed by atoms with van der Waals surface area (Å²) in [6.45, 7) is 0. The topological polar surface area (TPSA) is 76.0 Å².